The Balaban J connectivity index is 1.88. The first kappa shape index (κ1) is 17.7. The number of hydrogen-bond donors (Lipinski definition) is 0. The standard InChI is InChI=1S/C21H27NO3/c1-13-11-17(13)14(2)19(23)21(4,5)22-12-25-15(3)18(20(22)24)16-9-7-6-8-10-16/h6-10,13-14,17H,11-12H2,1-5H3. The molecule has 1 amide bonds. The summed E-state index contributed by atoms with van der Waals surface area (Å²) in [5, 5.41) is 0. The van der Waals surface area contributed by atoms with Crippen LogP contribution in [0.3, 0.4) is 0 Å². The zero-order valence-electron chi connectivity index (χ0n) is 15.7. The third kappa shape index (κ3) is 3.10. The molecule has 2 aliphatic rings. The van der Waals surface area contributed by atoms with Gasteiger partial charge in [-0.1, -0.05) is 44.2 Å². The van der Waals surface area contributed by atoms with Gasteiger partial charge in [-0.05, 0) is 44.6 Å². The van der Waals surface area contributed by atoms with Gasteiger partial charge in [-0.25, -0.2) is 0 Å². The topological polar surface area (TPSA) is 46.6 Å². The molecule has 4 heteroatoms. The Morgan fingerprint density at radius 1 is 1.28 bits per heavy atom. The van der Waals surface area contributed by atoms with Crippen molar-refractivity contribution in [3.63, 3.8) is 0 Å². The van der Waals surface area contributed by atoms with E-state index in [9.17, 15) is 9.59 Å². The molecule has 0 radical (unpaired) electrons. The van der Waals surface area contributed by atoms with Crippen molar-refractivity contribution in [2.24, 2.45) is 17.8 Å². The largest absolute Gasteiger partial charge is 0.477 e. The Bertz CT molecular complexity index is 720. The summed E-state index contributed by atoms with van der Waals surface area (Å²) in [4.78, 5) is 27.9. The van der Waals surface area contributed by atoms with Crippen LogP contribution in [0.1, 0.15) is 46.6 Å². The maximum Gasteiger partial charge on any atom is 0.261 e. The van der Waals surface area contributed by atoms with E-state index < -0.39 is 5.54 Å². The lowest BCUT2D eigenvalue weighted by molar-refractivity contribution is -0.150. The summed E-state index contributed by atoms with van der Waals surface area (Å²) in [6, 6.07) is 9.50. The van der Waals surface area contributed by atoms with Gasteiger partial charge in [0.05, 0.1) is 11.1 Å². The molecule has 0 spiro atoms. The van der Waals surface area contributed by atoms with Crippen LogP contribution in [0.25, 0.3) is 5.57 Å². The first-order valence-electron chi connectivity index (χ1n) is 9.00. The molecular weight excluding hydrogens is 314 g/mol. The fraction of sp³-hybridized carbons (Fsp3) is 0.524. The van der Waals surface area contributed by atoms with Crippen molar-refractivity contribution < 1.29 is 14.3 Å². The lowest BCUT2D eigenvalue weighted by Gasteiger charge is -2.41. The lowest BCUT2D eigenvalue weighted by atomic mass is 9.84. The Kier molecular flexibility index (Phi) is 4.48. The minimum Gasteiger partial charge on any atom is -0.477 e. The molecule has 3 atom stereocenters. The highest BCUT2D eigenvalue weighted by molar-refractivity contribution is 6.21. The van der Waals surface area contributed by atoms with E-state index in [2.05, 4.69) is 6.92 Å². The summed E-state index contributed by atoms with van der Waals surface area (Å²) in [5.74, 6) is 1.60. The van der Waals surface area contributed by atoms with Gasteiger partial charge < -0.3 is 4.74 Å². The number of benzene rings is 1. The Labute approximate surface area is 149 Å². The second-order valence-electron chi connectivity index (χ2n) is 7.89. The van der Waals surface area contributed by atoms with Crippen LogP contribution >= 0.6 is 0 Å². The minimum atomic E-state index is -0.889. The number of amides is 1. The monoisotopic (exact) mass is 341 g/mol. The summed E-state index contributed by atoms with van der Waals surface area (Å²) in [7, 11) is 0. The van der Waals surface area contributed by atoms with Crippen LogP contribution in [0.2, 0.25) is 0 Å². The van der Waals surface area contributed by atoms with Crippen molar-refractivity contribution in [2.45, 2.75) is 46.6 Å². The maximum atomic E-state index is 13.2. The van der Waals surface area contributed by atoms with Gasteiger partial charge in [0.25, 0.3) is 5.91 Å². The quantitative estimate of drug-likeness (QED) is 0.817. The number of allylic oxidation sites excluding steroid dienone is 1. The van der Waals surface area contributed by atoms with Crippen molar-refractivity contribution >= 4 is 17.3 Å². The van der Waals surface area contributed by atoms with Gasteiger partial charge in [-0.15, -0.1) is 0 Å². The molecule has 1 fully saturated rings. The van der Waals surface area contributed by atoms with Crippen LogP contribution < -0.4 is 0 Å². The van der Waals surface area contributed by atoms with E-state index in [0.717, 1.165) is 12.0 Å². The third-order valence-corrected chi connectivity index (χ3v) is 5.79. The molecule has 3 unspecified atom stereocenters. The number of ketones is 1. The van der Waals surface area contributed by atoms with Gasteiger partial charge >= 0.3 is 0 Å². The molecule has 1 aromatic carbocycles. The highest BCUT2D eigenvalue weighted by atomic mass is 16.5. The molecule has 0 bridgehead atoms. The Hall–Kier alpha value is -2.10. The first-order chi connectivity index (χ1) is 11.7. The van der Waals surface area contributed by atoms with Gasteiger partial charge in [0.1, 0.15) is 5.76 Å². The molecule has 0 N–H and O–H groups in total. The van der Waals surface area contributed by atoms with Crippen molar-refractivity contribution in [2.75, 3.05) is 6.73 Å². The average Bonchev–Trinajstić information content (AvgIpc) is 3.31. The second kappa shape index (κ2) is 6.32. The SMILES string of the molecule is CC1=C(c2ccccc2)C(=O)N(C(C)(C)C(=O)C(C)C2CC2C)CO1. The molecule has 3 rings (SSSR count). The van der Waals surface area contributed by atoms with Crippen LogP contribution in [-0.4, -0.2) is 28.9 Å². The van der Waals surface area contributed by atoms with Crippen LogP contribution in [-0.2, 0) is 14.3 Å². The molecule has 4 nitrogen and oxygen atoms in total. The number of hydrogen-bond acceptors (Lipinski definition) is 3. The number of nitrogens with zero attached hydrogens (tertiary/aromatic N) is 1. The number of rotatable bonds is 5. The predicted molar refractivity (Wildman–Crippen MR) is 97.4 cm³/mol. The van der Waals surface area contributed by atoms with Crippen LogP contribution in [0.4, 0.5) is 0 Å². The Morgan fingerprint density at radius 3 is 2.44 bits per heavy atom. The molecule has 0 saturated heterocycles. The highest BCUT2D eigenvalue weighted by Crippen LogP contribution is 2.45. The molecule has 1 aromatic rings. The maximum absolute atomic E-state index is 13.2. The van der Waals surface area contributed by atoms with E-state index in [1.807, 2.05) is 51.1 Å². The molecule has 25 heavy (non-hydrogen) atoms. The summed E-state index contributed by atoms with van der Waals surface area (Å²) in [6.45, 7) is 9.77. The summed E-state index contributed by atoms with van der Waals surface area (Å²) in [6.07, 6.45) is 1.10. The molecule has 1 heterocycles. The van der Waals surface area contributed by atoms with Crippen molar-refractivity contribution in [3.05, 3.63) is 41.7 Å². The van der Waals surface area contributed by atoms with Crippen molar-refractivity contribution in [3.8, 4) is 0 Å². The van der Waals surface area contributed by atoms with Crippen LogP contribution in [0.5, 0.6) is 0 Å². The van der Waals surface area contributed by atoms with Gasteiger partial charge in [0.2, 0.25) is 0 Å². The fourth-order valence-electron chi connectivity index (χ4n) is 3.86. The van der Waals surface area contributed by atoms with E-state index in [4.69, 9.17) is 4.74 Å². The lowest BCUT2D eigenvalue weighted by Crippen LogP contribution is -2.57. The number of carbonyl (C=O) groups excluding carboxylic acids is 2. The fourth-order valence-corrected chi connectivity index (χ4v) is 3.86. The summed E-state index contributed by atoms with van der Waals surface area (Å²) >= 11 is 0. The van der Waals surface area contributed by atoms with E-state index in [0.29, 0.717) is 23.2 Å². The van der Waals surface area contributed by atoms with E-state index >= 15 is 0 Å². The zero-order valence-corrected chi connectivity index (χ0v) is 15.7. The Morgan fingerprint density at radius 2 is 1.88 bits per heavy atom. The molecule has 0 aromatic heterocycles. The molecule has 1 aliphatic carbocycles. The number of ether oxygens (including phenoxy) is 1. The molecule has 134 valence electrons. The third-order valence-electron chi connectivity index (χ3n) is 5.79. The van der Waals surface area contributed by atoms with Crippen molar-refractivity contribution in [1.29, 1.82) is 0 Å². The summed E-state index contributed by atoms with van der Waals surface area (Å²) < 4.78 is 5.77. The molecule has 1 saturated carbocycles. The van der Waals surface area contributed by atoms with Gasteiger partial charge in [-0.3, -0.25) is 14.5 Å². The average molecular weight is 341 g/mol. The molecular formula is C21H27NO3. The predicted octanol–water partition coefficient (Wildman–Crippen LogP) is 3.87. The normalized spacial score (nSPS) is 24.8. The smallest absolute Gasteiger partial charge is 0.261 e. The number of carbonyl (C=O) groups is 2. The first-order valence-corrected chi connectivity index (χ1v) is 9.00. The highest BCUT2D eigenvalue weighted by Gasteiger charge is 2.48. The van der Waals surface area contributed by atoms with Crippen LogP contribution in [0.15, 0.2) is 36.1 Å². The van der Waals surface area contributed by atoms with E-state index in [1.54, 1.807) is 11.8 Å². The van der Waals surface area contributed by atoms with Gasteiger partial charge in [0.15, 0.2) is 12.5 Å². The number of Topliss-reactive ketones (excluding diaryl/α,β-unsaturated/α-hetero) is 1. The minimum absolute atomic E-state index is 0.0371. The summed E-state index contributed by atoms with van der Waals surface area (Å²) in [5.41, 5.74) is 0.474. The zero-order chi connectivity index (χ0) is 18.4. The van der Waals surface area contributed by atoms with Gasteiger partial charge in [0, 0.05) is 5.92 Å². The molecule has 1 aliphatic heterocycles. The van der Waals surface area contributed by atoms with Crippen molar-refractivity contribution in [1.82, 2.24) is 4.90 Å². The van der Waals surface area contributed by atoms with Crippen LogP contribution in [0, 0.1) is 17.8 Å². The van der Waals surface area contributed by atoms with E-state index in [-0.39, 0.29) is 24.3 Å². The van der Waals surface area contributed by atoms with E-state index in [1.165, 1.54) is 0 Å². The second-order valence-corrected chi connectivity index (χ2v) is 7.89. The van der Waals surface area contributed by atoms with Gasteiger partial charge in [-0.2, -0.15) is 0 Å².